The largest absolute Gasteiger partial charge is 0.304 e. The summed E-state index contributed by atoms with van der Waals surface area (Å²) in [5.74, 6) is 0.614. The second kappa shape index (κ2) is 5.13. The average Bonchev–Trinajstić information content (AvgIpc) is 2.92. The van der Waals surface area contributed by atoms with Crippen molar-refractivity contribution in [3.05, 3.63) is 59.1 Å². The van der Waals surface area contributed by atoms with Gasteiger partial charge in [0, 0.05) is 26.3 Å². The molecule has 1 fully saturated rings. The summed E-state index contributed by atoms with van der Waals surface area (Å²) in [4.78, 5) is 8.49. The van der Waals surface area contributed by atoms with E-state index < -0.39 is 0 Å². The van der Waals surface area contributed by atoms with Crippen LogP contribution in [0, 0.1) is 18.1 Å². The van der Waals surface area contributed by atoms with E-state index in [2.05, 4.69) is 50.0 Å². The van der Waals surface area contributed by atoms with Gasteiger partial charge in [-0.1, -0.05) is 26.8 Å². The molecule has 0 saturated heterocycles. The fourth-order valence-electron chi connectivity index (χ4n) is 5.40. The summed E-state index contributed by atoms with van der Waals surface area (Å²) in [6, 6.07) is 11.3. The molecule has 1 heterocycles. The molecule has 2 aromatic carbocycles. The van der Waals surface area contributed by atoms with Gasteiger partial charge >= 0.3 is 0 Å². The molecule has 1 radical (unpaired) electrons. The van der Waals surface area contributed by atoms with Gasteiger partial charge in [0.2, 0.25) is 0 Å². The number of benzene rings is 2. The van der Waals surface area contributed by atoms with Crippen LogP contribution in [-0.2, 0) is 25.5 Å². The molecule has 2 aliphatic carbocycles. The van der Waals surface area contributed by atoms with Crippen LogP contribution in [0.4, 0.5) is 5.69 Å². The summed E-state index contributed by atoms with van der Waals surface area (Å²) in [6.07, 6.45) is 4.62. The molecule has 2 nitrogen and oxygen atoms in total. The molecule has 3 heteroatoms. The summed E-state index contributed by atoms with van der Waals surface area (Å²) in [5.41, 5.74) is 5.11. The second-order valence-corrected chi connectivity index (χ2v) is 8.09. The summed E-state index contributed by atoms with van der Waals surface area (Å²) in [6.45, 7) is 14.7. The van der Waals surface area contributed by atoms with E-state index in [-0.39, 0.29) is 30.9 Å². The molecule has 2 bridgehead atoms. The molecule has 25 heavy (non-hydrogen) atoms. The molecular formula is C22H19IrN2-. The normalized spacial score (nSPS) is 25.6. The van der Waals surface area contributed by atoms with Gasteiger partial charge < -0.3 is 4.98 Å². The Labute approximate surface area is 161 Å². The number of aromatic nitrogens is 1. The molecule has 0 amide bonds. The molecule has 2 aliphatic rings. The van der Waals surface area contributed by atoms with Crippen molar-refractivity contribution < 1.29 is 20.1 Å². The van der Waals surface area contributed by atoms with Crippen molar-refractivity contribution in [3.63, 3.8) is 0 Å². The second-order valence-electron chi connectivity index (χ2n) is 8.09. The maximum absolute atomic E-state index is 7.40. The van der Waals surface area contributed by atoms with Gasteiger partial charge in [-0.15, -0.1) is 29.0 Å². The SMILES string of the molecule is [C-]#[N+]c1cc[c-]c2c1ccc1c3c(cnc12)[C@H]1CC[C@]3(C)C1(C)C.[Ir]. The van der Waals surface area contributed by atoms with Crippen LogP contribution in [0.3, 0.4) is 0 Å². The molecule has 1 aromatic heterocycles. The van der Waals surface area contributed by atoms with Gasteiger partial charge in [-0.3, -0.25) is 4.85 Å². The van der Waals surface area contributed by atoms with Gasteiger partial charge in [-0.05, 0) is 51.6 Å². The van der Waals surface area contributed by atoms with E-state index >= 15 is 0 Å². The Balaban J connectivity index is 0.00000157. The van der Waals surface area contributed by atoms with Gasteiger partial charge in [0.15, 0.2) is 0 Å². The standard InChI is InChI=1S/C22H19N2.Ir/c1-21(2)17-10-11-22(21,3)19-15-9-8-13-14(6-5-7-18(13)23-4)20(15)24-12-16(17)19;/h5,7-9,12,17H,10-11H2,1-3H3;/q-1;/t17-,22+;/m1./s1. The van der Waals surface area contributed by atoms with E-state index in [0.29, 0.717) is 11.6 Å². The topological polar surface area (TPSA) is 17.2 Å². The Morgan fingerprint density at radius 1 is 1.20 bits per heavy atom. The van der Waals surface area contributed by atoms with Crippen molar-refractivity contribution in [2.45, 2.75) is 44.9 Å². The summed E-state index contributed by atoms with van der Waals surface area (Å²) in [7, 11) is 0. The first kappa shape index (κ1) is 16.7. The monoisotopic (exact) mass is 504 g/mol. The third kappa shape index (κ3) is 1.80. The number of fused-ring (bicyclic) bond motifs is 9. The van der Waals surface area contributed by atoms with Crippen LogP contribution >= 0.6 is 0 Å². The minimum absolute atomic E-state index is 0. The van der Waals surface area contributed by atoms with Crippen LogP contribution in [0.25, 0.3) is 26.5 Å². The van der Waals surface area contributed by atoms with Gasteiger partial charge in [-0.2, -0.15) is 6.07 Å². The number of hydrogen-bond donors (Lipinski definition) is 0. The predicted molar refractivity (Wildman–Crippen MR) is 97.5 cm³/mol. The van der Waals surface area contributed by atoms with E-state index in [0.717, 1.165) is 16.3 Å². The fourth-order valence-corrected chi connectivity index (χ4v) is 5.40. The summed E-state index contributed by atoms with van der Waals surface area (Å²) >= 11 is 0. The maximum atomic E-state index is 7.40. The Kier molecular flexibility index (Phi) is 3.43. The number of hydrogen-bond acceptors (Lipinski definition) is 1. The molecule has 0 aliphatic heterocycles. The van der Waals surface area contributed by atoms with Crippen LogP contribution in [0.2, 0.25) is 0 Å². The zero-order valence-electron chi connectivity index (χ0n) is 14.6. The first-order valence-electron chi connectivity index (χ1n) is 8.63. The number of rotatable bonds is 0. The van der Waals surface area contributed by atoms with Crippen LogP contribution in [0.1, 0.15) is 50.7 Å². The van der Waals surface area contributed by atoms with Crippen LogP contribution < -0.4 is 0 Å². The Hall–Kier alpha value is -1.75. The van der Waals surface area contributed by atoms with Crippen molar-refractivity contribution in [1.82, 2.24) is 4.98 Å². The van der Waals surface area contributed by atoms with E-state index in [4.69, 9.17) is 11.6 Å². The third-order valence-electron chi connectivity index (χ3n) is 7.09. The summed E-state index contributed by atoms with van der Waals surface area (Å²) < 4.78 is 0. The molecule has 0 N–H and O–H groups in total. The van der Waals surface area contributed by atoms with Crippen molar-refractivity contribution >= 4 is 27.4 Å². The first-order valence-corrected chi connectivity index (χ1v) is 8.63. The molecule has 3 aromatic rings. The van der Waals surface area contributed by atoms with Crippen LogP contribution in [-0.4, -0.2) is 4.98 Å². The average molecular weight is 504 g/mol. The van der Waals surface area contributed by atoms with Gasteiger partial charge in [0.25, 0.3) is 0 Å². The van der Waals surface area contributed by atoms with E-state index in [1.807, 2.05) is 12.1 Å². The molecule has 0 spiro atoms. The number of pyridine rings is 1. The summed E-state index contributed by atoms with van der Waals surface area (Å²) in [5, 5.41) is 3.20. The van der Waals surface area contributed by atoms with Gasteiger partial charge in [0.1, 0.15) is 5.69 Å². The van der Waals surface area contributed by atoms with Crippen molar-refractivity contribution in [3.8, 4) is 0 Å². The minimum Gasteiger partial charge on any atom is -0.304 e. The molecule has 1 saturated carbocycles. The van der Waals surface area contributed by atoms with Crippen molar-refractivity contribution in [2.75, 3.05) is 0 Å². The van der Waals surface area contributed by atoms with Crippen molar-refractivity contribution in [1.29, 1.82) is 0 Å². The van der Waals surface area contributed by atoms with Gasteiger partial charge in [-0.25, -0.2) is 0 Å². The predicted octanol–water partition coefficient (Wildman–Crippen LogP) is 5.91. The van der Waals surface area contributed by atoms with Gasteiger partial charge in [0.05, 0.1) is 6.57 Å². The third-order valence-corrected chi connectivity index (χ3v) is 7.09. The molecule has 127 valence electrons. The number of nitrogens with zero attached hydrogens (tertiary/aromatic N) is 2. The minimum atomic E-state index is 0. The van der Waals surface area contributed by atoms with Crippen molar-refractivity contribution in [2.24, 2.45) is 5.41 Å². The smallest absolute Gasteiger partial charge is 0.115 e. The quantitative estimate of drug-likeness (QED) is 0.275. The first-order chi connectivity index (χ1) is 11.5. The Morgan fingerprint density at radius 2 is 1.96 bits per heavy atom. The molecular weight excluding hydrogens is 484 g/mol. The van der Waals surface area contributed by atoms with Crippen LogP contribution in [0.15, 0.2) is 30.5 Å². The van der Waals surface area contributed by atoms with Crippen LogP contribution in [0.5, 0.6) is 0 Å². The molecule has 0 unspecified atom stereocenters. The van der Waals surface area contributed by atoms with E-state index in [9.17, 15) is 0 Å². The fraction of sp³-hybridized carbons (Fsp3) is 0.364. The molecule has 2 atom stereocenters. The Bertz CT molecular complexity index is 1080. The zero-order valence-corrected chi connectivity index (χ0v) is 17.0. The van der Waals surface area contributed by atoms with E-state index in [1.165, 1.54) is 29.4 Å². The zero-order chi connectivity index (χ0) is 16.7. The molecule has 5 rings (SSSR count). The maximum Gasteiger partial charge on any atom is 0.115 e. The Morgan fingerprint density at radius 3 is 2.72 bits per heavy atom. The van der Waals surface area contributed by atoms with E-state index in [1.54, 1.807) is 0 Å².